The van der Waals surface area contributed by atoms with Crippen molar-refractivity contribution >= 4 is 5.97 Å². The second-order valence-corrected chi connectivity index (χ2v) is 5.52. The maximum absolute atomic E-state index is 11.6. The fourth-order valence-electron chi connectivity index (χ4n) is 2.33. The summed E-state index contributed by atoms with van der Waals surface area (Å²) in [5.41, 5.74) is 4.30. The number of aliphatic carboxylic acids is 1. The van der Waals surface area contributed by atoms with E-state index in [1.807, 2.05) is 4.90 Å². The van der Waals surface area contributed by atoms with E-state index < -0.39 is 17.0 Å². The van der Waals surface area contributed by atoms with Crippen molar-refractivity contribution in [1.29, 1.82) is 0 Å². The van der Waals surface area contributed by atoms with Crippen LogP contribution in [0.25, 0.3) is 0 Å². The molecule has 0 aromatic carbocycles. The van der Waals surface area contributed by atoms with Crippen molar-refractivity contribution in [2.45, 2.75) is 38.8 Å². The van der Waals surface area contributed by atoms with E-state index in [0.717, 1.165) is 32.7 Å². The SMILES string of the molecule is CCN1CCN([C@](C)(C(=O)O)C(C)(C)N)CC1. The normalized spacial score (nSPS) is 23.4. The van der Waals surface area contributed by atoms with Crippen LogP contribution in [0, 0.1) is 0 Å². The van der Waals surface area contributed by atoms with Gasteiger partial charge in [0.05, 0.1) is 0 Å². The molecule has 5 heteroatoms. The average Bonchev–Trinajstić information content (AvgIpc) is 2.26. The number of hydrogen-bond acceptors (Lipinski definition) is 4. The van der Waals surface area contributed by atoms with E-state index in [1.54, 1.807) is 20.8 Å². The van der Waals surface area contributed by atoms with Gasteiger partial charge in [0, 0.05) is 31.7 Å². The quantitative estimate of drug-likeness (QED) is 0.738. The van der Waals surface area contributed by atoms with Gasteiger partial charge in [-0.1, -0.05) is 6.92 Å². The Morgan fingerprint density at radius 3 is 2.00 bits per heavy atom. The number of piperazine rings is 1. The number of likely N-dealkylation sites (N-methyl/N-ethyl adjacent to an activating group) is 1. The Morgan fingerprint density at radius 2 is 1.71 bits per heavy atom. The van der Waals surface area contributed by atoms with Crippen molar-refractivity contribution in [2.75, 3.05) is 32.7 Å². The van der Waals surface area contributed by atoms with Crippen LogP contribution in [0.5, 0.6) is 0 Å². The Kier molecular flexibility index (Phi) is 4.17. The molecule has 1 heterocycles. The van der Waals surface area contributed by atoms with E-state index >= 15 is 0 Å². The first-order chi connectivity index (χ1) is 7.73. The number of hydrogen-bond donors (Lipinski definition) is 2. The molecule has 0 bridgehead atoms. The molecule has 1 atom stereocenters. The molecule has 17 heavy (non-hydrogen) atoms. The summed E-state index contributed by atoms with van der Waals surface area (Å²) >= 11 is 0. The van der Waals surface area contributed by atoms with Crippen molar-refractivity contribution in [2.24, 2.45) is 5.73 Å². The van der Waals surface area contributed by atoms with E-state index in [0.29, 0.717) is 0 Å². The third-order valence-electron chi connectivity index (χ3n) is 4.12. The maximum Gasteiger partial charge on any atom is 0.325 e. The molecule has 0 unspecified atom stereocenters. The van der Waals surface area contributed by atoms with Crippen molar-refractivity contribution in [1.82, 2.24) is 9.80 Å². The molecule has 1 saturated heterocycles. The van der Waals surface area contributed by atoms with Crippen molar-refractivity contribution in [3.05, 3.63) is 0 Å². The van der Waals surface area contributed by atoms with Gasteiger partial charge in [-0.15, -0.1) is 0 Å². The number of nitrogens with zero attached hydrogens (tertiary/aromatic N) is 2. The molecule has 0 radical (unpaired) electrons. The Labute approximate surface area is 104 Å². The molecular formula is C12H25N3O2. The molecule has 0 saturated carbocycles. The highest BCUT2D eigenvalue weighted by Gasteiger charge is 2.50. The van der Waals surface area contributed by atoms with Crippen LogP contribution >= 0.6 is 0 Å². The third kappa shape index (κ3) is 2.61. The molecule has 0 aromatic rings. The lowest BCUT2D eigenvalue weighted by molar-refractivity contribution is -0.156. The minimum atomic E-state index is -1.01. The van der Waals surface area contributed by atoms with Crippen LogP contribution in [0.2, 0.25) is 0 Å². The zero-order valence-corrected chi connectivity index (χ0v) is 11.4. The monoisotopic (exact) mass is 243 g/mol. The zero-order valence-electron chi connectivity index (χ0n) is 11.4. The molecule has 5 nitrogen and oxygen atoms in total. The first-order valence-corrected chi connectivity index (χ1v) is 6.23. The number of carboxylic acids is 1. The van der Waals surface area contributed by atoms with Crippen LogP contribution in [-0.2, 0) is 4.79 Å². The van der Waals surface area contributed by atoms with Gasteiger partial charge in [0.15, 0.2) is 0 Å². The average molecular weight is 243 g/mol. The molecule has 100 valence electrons. The lowest BCUT2D eigenvalue weighted by atomic mass is 9.79. The van der Waals surface area contributed by atoms with Crippen molar-refractivity contribution in [3.63, 3.8) is 0 Å². The predicted octanol–water partition coefficient (Wildman–Crippen LogP) is 0.205. The molecular weight excluding hydrogens is 218 g/mol. The van der Waals surface area contributed by atoms with E-state index in [4.69, 9.17) is 5.73 Å². The van der Waals surface area contributed by atoms with Crippen LogP contribution in [0.15, 0.2) is 0 Å². The topological polar surface area (TPSA) is 69.8 Å². The summed E-state index contributed by atoms with van der Waals surface area (Å²) in [7, 11) is 0. The largest absolute Gasteiger partial charge is 0.480 e. The molecule has 0 aromatic heterocycles. The van der Waals surface area contributed by atoms with E-state index in [-0.39, 0.29) is 0 Å². The number of carboxylic acid groups (broad SMARTS) is 1. The van der Waals surface area contributed by atoms with Gasteiger partial charge in [-0.2, -0.15) is 0 Å². The van der Waals surface area contributed by atoms with E-state index in [9.17, 15) is 9.90 Å². The summed E-state index contributed by atoms with van der Waals surface area (Å²) in [4.78, 5) is 15.9. The molecule has 1 aliphatic heterocycles. The molecule has 1 aliphatic rings. The summed E-state index contributed by atoms with van der Waals surface area (Å²) in [6, 6.07) is 0. The van der Waals surface area contributed by atoms with Gasteiger partial charge in [0.25, 0.3) is 0 Å². The highest BCUT2D eigenvalue weighted by atomic mass is 16.4. The number of carbonyl (C=O) groups is 1. The fourth-order valence-corrected chi connectivity index (χ4v) is 2.33. The van der Waals surface area contributed by atoms with Gasteiger partial charge in [0.2, 0.25) is 0 Å². The molecule has 0 spiro atoms. The minimum absolute atomic E-state index is 0.761. The minimum Gasteiger partial charge on any atom is -0.480 e. The highest BCUT2D eigenvalue weighted by molar-refractivity contribution is 5.80. The molecule has 3 N–H and O–H groups in total. The van der Waals surface area contributed by atoms with Gasteiger partial charge in [-0.25, -0.2) is 0 Å². The van der Waals surface area contributed by atoms with Gasteiger partial charge >= 0.3 is 5.97 Å². The Hall–Kier alpha value is -0.650. The smallest absolute Gasteiger partial charge is 0.325 e. The van der Waals surface area contributed by atoms with Crippen LogP contribution < -0.4 is 5.73 Å². The molecule has 1 rings (SSSR count). The first kappa shape index (κ1) is 14.4. The van der Waals surface area contributed by atoms with Crippen LogP contribution in [0.4, 0.5) is 0 Å². The van der Waals surface area contributed by atoms with Gasteiger partial charge in [0.1, 0.15) is 5.54 Å². The number of rotatable bonds is 4. The second-order valence-electron chi connectivity index (χ2n) is 5.52. The summed E-state index contributed by atoms with van der Waals surface area (Å²) in [5.74, 6) is -0.838. The highest BCUT2D eigenvalue weighted by Crippen LogP contribution is 2.28. The van der Waals surface area contributed by atoms with Gasteiger partial charge in [-0.3, -0.25) is 9.69 Å². The summed E-state index contributed by atoms with van der Waals surface area (Å²) in [6.45, 7) is 11.8. The summed E-state index contributed by atoms with van der Waals surface area (Å²) in [5, 5.41) is 9.51. The Balaban J connectivity index is 2.85. The van der Waals surface area contributed by atoms with Gasteiger partial charge in [-0.05, 0) is 27.3 Å². The second kappa shape index (κ2) is 4.92. The predicted molar refractivity (Wildman–Crippen MR) is 68.0 cm³/mol. The van der Waals surface area contributed by atoms with Crippen molar-refractivity contribution < 1.29 is 9.90 Å². The van der Waals surface area contributed by atoms with Crippen LogP contribution in [0.1, 0.15) is 27.7 Å². The maximum atomic E-state index is 11.6. The van der Waals surface area contributed by atoms with E-state index in [2.05, 4.69) is 11.8 Å². The molecule has 0 amide bonds. The molecule has 1 fully saturated rings. The first-order valence-electron chi connectivity index (χ1n) is 6.23. The zero-order chi connectivity index (χ0) is 13.3. The van der Waals surface area contributed by atoms with Gasteiger partial charge < -0.3 is 15.7 Å². The third-order valence-corrected chi connectivity index (χ3v) is 4.12. The fraction of sp³-hybridized carbons (Fsp3) is 0.917. The lowest BCUT2D eigenvalue weighted by Crippen LogP contribution is -2.71. The summed E-state index contributed by atoms with van der Waals surface area (Å²) in [6.07, 6.45) is 0. The van der Waals surface area contributed by atoms with Crippen molar-refractivity contribution in [3.8, 4) is 0 Å². The Morgan fingerprint density at radius 1 is 1.24 bits per heavy atom. The van der Waals surface area contributed by atoms with E-state index in [1.165, 1.54) is 0 Å². The van der Waals surface area contributed by atoms with Crippen LogP contribution in [-0.4, -0.2) is 64.7 Å². The standard InChI is InChI=1S/C12H25N3O2/c1-5-14-6-8-15(9-7-14)12(4,10(16)17)11(2,3)13/h5-9,13H2,1-4H3,(H,16,17)/t12-/m1/s1. The van der Waals surface area contributed by atoms with Crippen LogP contribution in [0.3, 0.4) is 0 Å². The molecule has 0 aliphatic carbocycles. The number of nitrogens with two attached hydrogens (primary N) is 1. The lowest BCUT2D eigenvalue weighted by Gasteiger charge is -2.49. The summed E-state index contributed by atoms with van der Waals surface area (Å²) < 4.78 is 0. The Bertz CT molecular complexity index is 280.